The Morgan fingerprint density at radius 3 is 2.70 bits per heavy atom. The number of benzene rings is 1. The molecule has 0 spiro atoms. The van der Waals surface area contributed by atoms with Crippen LogP contribution in [-0.4, -0.2) is 24.7 Å². The van der Waals surface area contributed by atoms with Crippen molar-refractivity contribution in [2.45, 2.75) is 37.9 Å². The van der Waals surface area contributed by atoms with Crippen LogP contribution in [0.2, 0.25) is 0 Å². The van der Waals surface area contributed by atoms with Crippen LogP contribution in [0.25, 0.3) is 0 Å². The number of hydrogen-bond acceptors (Lipinski definition) is 3. The molecule has 1 amide bonds. The summed E-state index contributed by atoms with van der Waals surface area (Å²) < 4.78 is 44.2. The van der Waals surface area contributed by atoms with E-state index in [1.807, 2.05) is 6.07 Å². The Hall–Kier alpha value is -2.23. The molecule has 23 heavy (non-hydrogen) atoms. The molecule has 1 saturated carbocycles. The molecule has 0 aliphatic heterocycles. The van der Waals surface area contributed by atoms with E-state index >= 15 is 0 Å². The summed E-state index contributed by atoms with van der Waals surface area (Å²) >= 11 is 0. The van der Waals surface area contributed by atoms with Crippen molar-refractivity contribution in [3.63, 3.8) is 0 Å². The minimum absolute atomic E-state index is 0.0343. The van der Waals surface area contributed by atoms with E-state index < -0.39 is 30.7 Å². The molecule has 0 heterocycles. The third-order valence-electron chi connectivity index (χ3n) is 3.90. The van der Waals surface area contributed by atoms with Gasteiger partial charge in [0.15, 0.2) is 6.61 Å². The maximum absolute atomic E-state index is 13.0. The first-order valence-corrected chi connectivity index (χ1v) is 7.40. The van der Waals surface area contributed by atoms with E-state index in [2.05, 4.69) is 5.32 Å². The number of carbonyl (C=O) groups excluding carboxylic acids is 1. The van der Waals surface area contributed by atoms with Crippen molar-refractivity contribution in [1.29, 1.82) is 5.26 Å². The van der Waals surface area contributed by atoms with Crippen molar-refractivity contribution in [2.75, 3.05) is 6.61 Å². The smallest absolute Gasteiger partial charge is 0.393 e. The van der Waals surface area contributed by atoms with Crippen LogP contribution in [0.4, 0.5) is 13.2 Å². The number of para-hydroxylation sites is 1. The van der Waals surface area contributed by atoms with E-state index in [-0.39, 0.29) is 17.7 Å². The van der Waals surface area contributed by atoms with Gasteiger partial charge in [-0.25, -0.2) is 0 Å². The summed E-state index contributed by atoms with van der Waals surface area (Å²) in [4.78, 5) is 11.9. The zero-order valence-corrected chi connectivity index (χ0v) is 12.4. The quantitative estimate of drug-likeness (QED) is 0.924. The van der Waals surface area contributed by atoms with E-state index in [1.54, 1.807) is 12.1 Å². The van der Waals surface area contributed by atoms with Gasteiger partial charge in [0, 0.05) is 6.04 Å². The van der Waals surface area contributed by atoms with Crippen LogP contribution >= 0.6 is 0 Å². The Morgan fingerprint density at radius 1 is 1.30 bits per heavy atom. The molecule has 0 unspecified atom stereocenters. The monoisotopic (exact) mass is 326 g/mol. The molecular formula is C16H17F3N2O2. The molecule has 124 valence electrons. The Bertz CT molecular complexity index is 596. The van der Waals surface area contributed by atoms with Crippen LogP contribution in [-0.2, 0) is 4.79 Å². The number of rotatable bonds is 4. The van der Waals surface area contributed by atoms with Crippen molar-refractivity contribution in [3.05, 3.63) is 29.8 Å². The first kappa shape index (κ1) is 17.1. The second kappa shape index (κ2) is 7.36. The maximum atomic E-state index is 13.0. The van der Waals surface area contributed by atoms with Gasteiger partial charge >= 0.3 is 6.18 Å². The Morgan fingerprint density at radius 2 is 2.00 bits per heavy atom. The third-order valence-corrected chi connectivity index (χ3v) is 3.90. The highest BCUT2D eigenvalue weighted by atomic mass is 19.4. The zero-order chi connectivity index (χ0) is 16.9. The van der Waals surface area contributed by atoms with Gasteiger partial charge in [0.05, 0.1) is 11.5 Å². The highest BCUT2D eigenvalue weighted by Crippen LogP contribution is 2.37. The molecule has 1 aromatic carbocycles. The molecule has 1 aliphatic carbocycles. The molecule has 0 aromatic heterocycles. The Balaban J connectivity index is 1.92. The SMILES string of the molecule is N#Cc1ccccc1OCC(=O)N[C@H]1CCCC[C@@H]1C(F)(F)F. The number of ether oxygens (including phenoxy) is 1. The lowest BCUT2D eigenvalue weighted by Crippen LogP contribution is -2.48. The van der Waals surface area contributed by atoms with Gasteiger partial charge < -0.3 is 10.1 Å². The number of alkyl halides is 3. The standard InChI is InChI=1S/C16H17F3N2O2/c17-16(18,19)12-6-2-3-7-13(12)21-15(22)10-23-14-8-4-1-5-11(14)9-20/h1,4-5,8,12-13H,2-3,6-7,10H2,(H,21,22)/t12-,13-/m0/s1. The summed E-state index contributed by atoms with van der Waals surface area (Å²) in [6.07, 6.45) is -2.79. The molecule has 1 N–H and O–H groups in total. The van der Waals surface area contributed by atoms with Crippen molar-refractivity contribution in [2.24, 2.45) is 5.92 Å². The molecule has 2 atom stereocenters. The number of amides is 1. The lowest BCUT2D eigenvalue weighted by atomic mass is 9.84. The van der Waals surface area contributed by atoms with E-state index in [0.29, 0.717) is 19.3 Å². The fourth-order valence-electron chi connectivity index (χ4n) is 2.77. The van der Waals surface area contributed by atoms with E-state index in [1.165, 1.54) is 12.1 Å². The first-order valence-electron chi connectivity index (χ1n) is 7.40. The molecule has 1 aliphatic rings. The van der Waals surface area contributed by atoms with Gasteiger partial charge in [-0.05, 0) is 25.0 Å². The van der Waals surface area contributed by atoms with Crippen LogP contribution < -0.4 is 10.1 Å². The van der Waals surface area contributed by atoms with Crippen LogP contribution in [0.5, 0.6) is 5.75 Å². The topological polar surface area (TPSA) is 62.1 Å². The predicted octanol–water partition coefficient (Wildman–Crippen LogP) is 3.17. The average molecular weight is 326 g/mol. The summed E-state index contributed by atoms with van der Waals surface area (Å²) in [5.41, 5.74) is 0.270. The number of hydrogen-bond donors (Lipinski definition) is 1. The maximum Gasteiger partial charge on any atom is 0.393 e. The van der Waals surface area contributed by atoms with Crippen molar-refractivity contribution < 1.29 is 22.7 Å². The highest BCUT2D eigenvalue weighted by molar-refractivity contribution is 5.78. The number of carbonyl (C=O) groups is 1. The van der Waals surface area contributed by atoms with Gasteiger partial charge in [0.25, 0.3) is 5.91 Å². The van der Waals surface area contributed by atoms with Crippen molar-refractivity contribution in [3.8, 4) is 11.8 Å². The largest absolute Gasteiger partial charge is 0.482 e. The van der Waals surface area contributed by atoms with Crippen LogP contribution in [0.3, 0.4) is 0 Å². The van der Waals surface area contributed by atoms with E-state index in [4.69, 9.17) is 10.00 Å². The molecular weight excluding hydrogens is 309 g/mol. The van der Waals surface area contributed by atoms with Crippen LogP contribution in [0.1, 0.15) is 31.2 Å². The van der Waals surface area contributed by atoms with Crippen LogP contribution in [0.15, 0.2) is 24.3 Å². The lowest BCUT2D eigenvalue weighted by molar-refractivity contribution is -0.189. The average Bonchev–Trinajstić information content (AvgIpc) is 2.52. The zero-order valence-electron chi connectivity index (χ0n) is 12.4. The molecule has 4 nitrogen and oxygen atoms in total. The van der Waals surface area contributed by atoms with Gasteiger partial charge in [0.2, 0.25) is 0 Å². The summed E-state index contributed by atoms with van der Waals surface area (Å²) in [5.74, 6) is -1.88. The molecule has 0 saturated heterocycles. The molecule has 0 bridgehead atoms. The van der Waals surface area contributed by atoms with E-state index in [9.17, 15) is 18.0 Å². The van der Waals surface area contributed by atoms with Crippen LogP contribution in [0, 0.1) is 17.2 Å². The van der Waals surface area contributed by atoms with Gasteiger partial charge in [-0.3, -0.25) is 4.79 Å². The number of nitriles is 1. The highest BCUT2D eigenvalue weighted by Gasteiger charge is 2.45. The first-order chi connectivity index (χ1) is 10.9. The number of halogens is 3. The van der Waals surface area contributed by atoms with Gasteiger partial charge in [-0.1, -0.05) is 25.0 Å². The predicted molar refractivity (Wildman–Crippen MR) is 76.6 cm³/mol. The second-order valence-electron chi connectivity index (χ2n) is 5.50. The van der Waals surface area contributed by atoms with Crippen molar-refractivity contribution in [1.82, 2.24) is 5.32 Å². The molecule has 1 aromatic rings. The Kier molecular flexibility index (Phi) is 5.48. The lowest BCUT2D eigenvalue weighted by Gasteiger charge is -2.33. The van der Waals surface area contributed by atoms with E-state index in [0.717, 1.165) is 0 Å². The number of nitrogens with zero attached hydrogens (tertiary/aromatic N) is 1. The number of nitrogens with one attached hydrogen (secondary N) is 1. The molecule has 0 radical (unpaired) electrons. The van der Waals surface area contributed by atoms with Crippen molar-refractivity contribution >= 4 is 5.91 Å². The molecule has 7 heteroatoms. The fourth-order valence-corrected chi connectivity index (χ4v) is 2.77. The fraction of sp³-hybridized carbons (Fsp3) is 0.500. The third kappa shape index (κ3) is 4.62. The minimum Gasteiger partial charge on any atom is -0.482 e. The Labute approximate surface area is 132 Å². The second-order valence-corrected chi connectivity index (χ2v) is 5.50. The molecule has 2 rings (SSSR count). The van der Waals surface area contributed by atoms with Gasteiger partial charge in [-0.15, -0.1) is 0 Å². The minimum atomic E-state index is -4.31. The molecule has 1 fully saturated rings. The van der Waals surface area contributed by atoms with Gasteiger partial charge in [0.1, 0.15) is 11.8 Å². The summed E-state index contributed by atoms with van der Waals surface area (Å²) in [6, 6.07) is 7.38. The summed E-state index contributed by atoms with van der Waals surface area (Å²) in [6.45, 7) is -0.417. The van der Waals surface area contributed by atoms with Gasteiger partial charge in [-0.2, -0.15) is 18.4 Å². The summed E-state index contributed by atoms with van der Waals surface area (Å²) in [5, 5.41) is 11.3. The summed E-state index contributed by atoms with van der Waals surface area (Å²) in [7, 11) is 0. The normalized spacial score (nSPS) is 21.3.